The van der Waals surface area contributed by atoms with Crippen molar-refractivity contribution in [2.24, 2.45) is 5.92 Å². The number of halogens is 2. The van der Waals surface area contributed by atoms with Gasteiger partial charge < -0.3 is 15.4 Å². The molecular weight excluding hydrogens is 482 g/mol. The molecule has 3 heterocycles. The van der Waals surface area contributed by atoms with Gasteiger partial charge in [-0.15, -0.1) is 0 Å². The summed E-state index contributed by atoms with van der Waals surface area (Å²) in [6.45, 7) is 3.31. The summed E-state index contributed by atoms with van der Waals surface area (Å²) < 4.78 is 35.4. The van der Waals surface area contributed by atoms with Crippen LogP contribution in [-0.4, -0.2) is 38.0 Å². The lowest BCUT2D eigenvalue weighted by atomic mass is 10.1. The topological polar surface area (TPSA) is 111 Å². The van der Waals surface area contributed by atoms with E-state index in [0.717, 1.165) is 25.0 Å². The summed E-state index contributed by atoms with van der Waals surface area (Å²) >= 11 is 0. The molecular formula is C26H24F2N6O3. The molecule has 0 bridgehead atoms. The van der Waals surface area contributed by atoms with Gasteiger partial charge in [0.25, 0.3) is 5.91 Å². The molecule has 4 aromatic rings. The summed E-state index contributed by atoms with van der Waals surface area (Å²) in [7, 11) is 0. The molecule has 11 heteroatoms. The van der Waals surface area contributed by atoms with E-state index in [9.17, 15) is 18.4 Å². The first-order valence-electron chi connectivity index (χ1n) is 11.8. The number of pyridine rings is 1. The number of carbonyl (C=O) groups excluding carboxylic acids is 2. The van der Waals surface area contributed by atoms with Crippen molar-refractivity contribution in [1.82, 2.24) is 24.9 Å². The van der Waals surface area contributed by atoms with Crippen LogP contribution in [0.5, 0.6) is 5.75 Å². The Morgan fingerprint density at radius 3 is 2.76 bits per heavy atom. The fraction of sp³-hybridized carbons (Fsp3) is 0.269. The smallest absolute Gasteiger partial charge is 0.253 e. The summed E-state index contributed by atoms with van der Waals surface area (Å²) in [5.74, 6) is -1.54. The van der Waals surface area contributed by atoms with E-state index in [4.69, 9.17) is 4.74 Å². The first-order valence-corrected chi connectivity index (χ1v) is 11.8. The number of amides is 2. The van der Waals surface area contributed by atoms with Gasteiger partial charge in [-0.2, -0.15) is 5.10 Å². The minimum absolute atomic E-state index is 0.0475. The summed E-state index contributed by atoms with van der Waals surface area (Å²) in [6.07, 6.45) is 5.22. The molecule has 9 nitrogen and oxygen atoms in total. The fourth-order valence-electron chi connectivity index (χ4n) is 3.84. The molecule has 1 fully saturated rings. The molecule has 3 aromatic heterocycles. The van der Waals surface area contributed by atoms with Crippen LogP contribution in [-0.2, 0) is 11.3 Å². The molecule has 0 aliphatic heterocycles. The predicted molar refractivity (Wildman–Crippen MR) is 131 cm³/mol. The van der Waals surface area contributed by atoms with Crippen molar-refractivity contribution >= 4 is 23.3 Å². The van der Waals surface area contributed by atoms with Gasteiger partial charge in [0.15, 0.2) is 23.0 Å². The Morgan fingerprint density at radius 1 is 1.19 bits per heavy atom. The minimum Gasteiger partial charge on any atom is -0.490 e. The lowest BCUT2D eigenvalue weighted by molar-refractivity contribution is -0.114. The van der Waals surface area contributed by atoms with Gasteiger partial charge in [0, 0.05) is 36.9 Å². The lowest BCUT2D eigenvalue weighted by Crippen LogP contribution is -2.24. The maximum Gasteiger partial charge on any atom is 0.253 e. The Morgan fingerprint density at radius 2 is 2.00 bits per heavy atom. The van der Waals surface area contributed by atoms with Crippen LogP contribution in [0.3, 0.4) is 0 Å². The predicted octanol–water partition coefficient (Wildman–Crippen LogP) is 4.06. The van der Waals surface area contributed by atoms with Gasteiger partial charge >= 0.3 is 0 Å². The van der Waals surface area contributed by atoms with Gasteiger partial charge in [0.1, 0.15) is 5.82 Å². The zero-order chi connectivity index (χ0) is 26.1. The molecule has 0 unspecified atom stereocenters. The van der Waals surface area contributed by atoms with Gasteiger partial charge in [0.2, 0.25) is 5.91 Å². The SMILES string of the molecule is CC(=O)Nc1cn2nc(-c3cnc(C)c(C(=O)NCc4cc(F)cc(F)c4OCC4CC4)c3)ccc2n1. The second kappa shape index (κ2) is 9.92. The Hall–Kier alpha value is -4.41. The normalized spacial score (nSPS) is 13.0. The average molecular weight is 507 g/mol. The van der Waals surface area contributed by atoms with E-state index in [1.165, 1.54) is 11.4 Å². The van der Waals surface area contributed by atoms with E-state index in [1.54, 1.807) is 37.5 Å². The van der Waals surface area contributed by atoms with Crippen molar-refractivity contribution in [3.63, 3.8) is 0 Å². The molecule has 1 aliphatic rings. The highest BCUT2D eigenvalue weighted by atomic mass is 19.1. The summed E-state index contributed by atoms with van der Waals surface area (Å²) in [5.41, 5.74) is 2.64. The number of hydrogen-bond acceptors (Lipinski definition) is 6. The largest absolute Gasteiger partial charge is 0.490 e. The maximum atomic E-state index is 14.4. The van der Waals surface area contributed by atoms with Gasteiger partial charge in [0.05, 0.1) is 29.8 Å². The Kier molecular flexibility index (Phi) is 6.51. The molecule has 5 rings (SSSR count). The number of carbonyl (C=O) groups is 2. The summed E-state index contributed by atoms with van der Waals surface area (Å²) in [6, 6.07) is 7.04. The number of nitrogens with zero attached hydrogens (tertiary/aromatic N) is 4. The Labute approximate surface area is 210 Å². The number of imidazole rings is 1. The third kappa shape index (κ3) is 5.55. The molecule has 0 atom stereocenters. The summed E-state index contributed by atoms with van der Waals surface area (Å²) in [4.78, 5) is 32.9. The number of hydrogen-bond donors (Lipinski definition) is 2. The second-order valence-electron chi connectivity index (χ2n) is 9.00. The first kappa shape index (κ1) is 24.3. The van der Waals surface area contributed by atoms with Crippen LogP contribution in [0.15, 0.2) is 42.7 Å². The quantitative estimate of drug-likeness (QED) is 0.373. The molecule has 0 radical (unpaired) electrons. The van der Waals surface area contributed by atoms with Gasteiger partial charge in [-0.3, -0.25) is 14.6 Å². The molecule has 0 saturated heterocycles. The number of ether oxygens (including phenoxy) is 1. The zero-order valence-electron chi connectivity index (χ0n) is 20.2. The van der Waals surface area contributed by atoms with Crippen LogP contribution in [0.25, 0.3) is 16.9 Å². The van der Waals surface area contributed by atoms with Gasteiger partial charge in [-0.05, 0) is 49.9 Å². The molecule has 0 spiro atoms. The van der Waals surface area contributed by atoms with Crippen LogP contribution in [0, 0.1) is 24.5 Å². The lowest BCUT2D eigenvalue weighted by Gasteiger charge is -2.14. The standard InChI is InChI=1S/C26H24F2N6O3/c1-14-20(26(36)30-11-18-7-19(27)9-21(28)25(18)37-13-16-3-4-16)8-17(10-29-14)22-5-6-24-32-23(31-15(2)35)12-34(24)33-22/h5-10,12,16H,3-4,11,13H2,1-2H3,(H,30,36)(H,31,35). The van der Waals surface area contributed by atoms with Crippen LogP contribution in [0.1, 0.15) is 41.4 Å². The molecule has 1 aliphatic carbocycles. The number of anilines is 1. The highest BCUT2D eigenvalue weighted by molar-refractivity contribution is 5.96. The van der Waals surface area contributed by atoms with Crippen molar-refractivity contribution in [2.75, 3.05) is 11.9 Å². The van der Waals surface area contributed by atoms with Crippen molar-refractivity contribution in [3.05, 3.63) is 71.2 Å². The van der Waals surface area contributed by atoms with E-state index < -0.39 is 17.5 Å². The van der Waals surface area contributed by atoms with Crippen LogP contribution in [0.4, 0.5) is 14.6 Å². The first-order chi connectivity index (χ1) is 17.8. The molecule has 1 aromatic carbocycles. The van der Waals surface area contributed by atoms with Gasteiger partial charge in [-0.1, -0.05) is 0 Å². The highest BCUT2D eigenvalue weighted by Crippen LogP contribution is 2.32. The van der Waals surface area contributed by atoms with E-state index in [0.29, 0.717) is 46.5 Å². The fourth-order valence-corrected chi connectivity index (χ4v) is 3.84. The van der Waals surface area contributed by atoms with Crippen LogP contribution in [0.2, 0.25) is 0 Å². The van der Waals surface area contributed by atoms with E-state index >= 15 is 0 Å². The molecule has 37 heavy (non-hydrogen) atoms. The second-order valence-corrected chi connectivity index (χ2v) is 9.00. The number of fused-ring (bicyclic) bond motifs is 1. The molecule has 2 N–H and O–H groups in total. The number of nitrogens with one attached hydrogen (secondary N) is 2. The third-order valence-corrected chi connectivity index (χ3v) is 5.94. The third-order valence-electron chi connectivity index (χ3n) is 5.94. The van der Waals surface area contributed by atoms with Crippen LogP contribution < -0.4 is 15.4 Å². The van der Waals surface area contributed by atoms with E-state index in [-0.39, 0.29) is 23.8 Å². The van der Waals surface area contributed by atoms with Crippen LogP contribution >= 0.6 is 0 Å². The van der Waals surface area contributed by atoms with Gasteiger partial charge in [-0.25, -0.2) is 18.3 Å². The zero-order valence-corrected chi connectivity index (χ0v) is 20.2. The number of benzene rings is 1. The number of rotatable bonds is 8. The molecule has 190 valence electrons. The van der Waals surface area contributed by atoms with E-state index in [2.05, 4.69) is 25.7 Å². The van der Waals surface area contributed by atoms with E-state index in [1.807, 2.05) is 0 Å². The Bertz CT molecular complexity index is 1520. The minimum atomic E-state index is -0.799. The van der Waals surface area contributed by atoms with Crippen molar-refractivity contribution < 1.29 is 23.1 Å². The van der Waals surface area contributed by atoms with Crippen molar-refractivity contribution in [3.8, 4) is 17.0 Å². The number of aryl methyl sites for hydroxylation is 1. The average Bonchev–Trinajstić information content (AvgIpc) is 3.59. The monoisotopic (exact) mass is 506 g/mol. The number of aromatic nitrogens is 4. The van der Waals surface area contributed by atoms with Crippen molar-refractivity contribution in [1.29, 1.82) is 0 Å². The van der Waals surface area contributed by atoms with Crippen molar-refractivity contribution in [2.45, 2.75) is 33.2 Å². The highest BCUT2D eigenvalue weighted by Gasteiger charge is 2.24. The molecule has 1 saturated carbocycles. The molecule has 2 amide bonds. The maximum absolute atomic E-state index is 14.4. The summed E-state index contributed by atoms with van der Waals surface area (Å²) in [5, 5.41) is 9.82. The Balaban J connectivity index is 1.35.